The van der Waals surface area contributed by atoms with Crippen molar-refractivity contribution in [2.75, 3.05) is 10.4 Å². The lowest BCUT2D eigenvalue weighted by Crippen LogP contribution is -2.55. The fraction of sp³-hybridized carbons (Fsp3) is 0.250. The maximum atomic E-state index is 12.6. The molecule has 0 bridgehead atoms. The van der Waals surface area contributed by atoms with Crippen LogP contribution in [0.25, 0.3) is 0 Å². The number of guanidine groups is 1. The smallest absolute Gasteiger partial charge is 0.387 e. The average Bonchev–Trinajstić information content (AvgIpc) is 2.60. The second-order valence-corrected chi connectivity index (χ2v) is 5.48. The van der Waals surface area contributed by atoms with Gasteiger partial charge in [-0.05, 0) is 38.1 Å². The second-order valence-electron chi connectivity index (χ2n) is 5.48. The van der Waals surface area contributed by atoms with Crippen molar-refractivity contribution in [1.29, 1.82) is 5.41 Å². The van der Waals surface area contributed by atoms with E-state index in [0.29, 0.717) is 11.5 Å². The van der Waals surface area contributed by atoms with Crippen molar-refractivity contribution in [2.24, 2.45) is 5.73 Å². The summed E-state index contributed by atoms with van der Waals surface area (Å²) in [5.41, 5.74) is 13.9. The molecule has 0 spiro atoms. The second kappa shape index (κ2) is 9.50. The van der Waals surface area contributed by atoms with Gasteiger partial charge in [0.25, 0.3) is 0 Å². The first kappa shape index (κ1) is 20.1. The standard InChI is InChI=1S/C16H21F2N7O2/c1-10(2)26-12-7-6-11(9-13(12)27-15(17)18)22-23-24-25(16(19)20)14-5-3-4-8-21-14/h3-10,15,22-24H,1-2H3,(H3,19,20). The molecular weight excluding hydrogens is 360 g/mol. The van der Waals surface area contributed by atoms with E-state index in [9.17, 15) is 8.78 Å². The largest absolute Gasteiger partial charge is 0.487 e. The summed E-state index contributed by atoms with van der Waals surface area (Å²) in [6.45, 7) is 0.563. The number of nitrogens with two attached hydrogens (primary N) is 1. The van der Waals surface area contributed by atoms with Crippen molar-refractivity contribution in [3.8, 4) is 11.5 Å². The zero-order chi connectivity index (χ0) is 19.8. The molecule has 9 nitrogen and oxygen atoms in total. The topological polar surface area (TPSA) is 121 Å². The molecule has 0 radical (unpaired) electrons. The molecule has 0 saturated heterocycles. The lowest BCUT2D eigenvalue weighted by molar-refractivity contribution is -0.0518. The lowest BCUT2D eigenvalue weighted by Gasteiger charge is -2.23. The van der Waals surface area contributed by atoms with Crippen LogP contribution < -0.4 is 36.7 Å². The van der Waals surface area contributed by atoms with Gasteiger partial charge in [0.2, 0.25) is 5.96 Å². The predicted molar refractivity (Wildman–Crippen MR) is 97.4 cm³/mol. The Bertz CT molecular complexity index is 747. The van der Waals surface area contributed by atoms with Crippen molar-refractivity contribution >= 4 is 17.5 Å². The molecule has 2 aromatic rings. The van der Waals surface area contributed by atoms with Gasteiger partial charge in [-0.15, -0.1) is 5.53 Å². The Balaban J connectivity index is 2.05. The number of halogens is 2. The summed E-state index contributed by atoms with van der Waals surface area (Å²) in [7, 11) is 0. The molecule has 146 valence electrons. The molecule has 6 N–H and O–H groups in total. The van der Waals surface area contributed by atoms with Gasteiger partial charge in [0, 0.05) is 12.3 Å². The summed E-state index contributed by atoms with van der Waals surface area (Å²) in [4.78, 5) is 4.07. The maximum absolute atomic E-state index is 12.6. The number of aromatic nitrogens is 1. The maximum Gasteiger partial charge on any atom is 0.387 e. The molecule has 11 heteroatoms. The SMILES string of the molecule is CC(C)Oc1ccc(NNNN(C(=N)N)c2ccccn2)cc1OC(F)F. The molecule has 0 aliphatic heterocycles. The van der Waals surface area contributed by atoms with Gasteiger partial charge in [0.15, 0.2) is 17.3 Å². The fourth-order valence-electron chi connectivity index (χ4n) is 2.01. The Labute approximate surface area is 154 Å². The van der Waals surface area contributed by atoms with Crippen LogP contribution in [-0.4, -0.2) is 23.7 Å². The van der Waals surface area contributed by atoms with Gasteiger partial charge in [-0.1, -0.05) is 6.07 Å². The van der Waals surface area contributed by atoms with Crippen LogP contribution in [0.15, 0.2) is 42.6 Å². The Morgan fingerprint density at radius 2 is 1.96 bits per heavy atom. The summed E-state index contributed by atoms with van der Waals surface area (Å²) in [5, 5.41) is 8.76. The molecule has 0 unspecified atom stereocenters. The summed E-state index contributed by atoms with van der Waals surface area (Å²) in [5.74, 6) is 0.147. The minimum Gasteiger partial charge on any atom is -0.487 e. The number of hydrazine groups is 3. The van der Waals surface area contributed by atoms with Crippen molar-refractivity contribution in [3.63, 3.8) is 0 Å². The van der Waals surface area contributed by atoms with Crippen LogP contribution in [0.5, 0.6) is 11.5 Å². The van der Waals surface area contributed by atoms with Crippen molar-refractivity contribution < 1.29 is 18.3 Å². The third-order valence-electron chi connectivity index (χ3n) is 3.02. The molecule has 0 aliphatic carbocycles. The van der Waals surface area contributed by atoms with Gasteiger partial charge in [-0.2, -0.15) is 14.3 Å². The molecular formula is C16H21F2N7O2. The van der Waals surface area contributed by atoms with Gasteiger partial charge < -0.3 is 20.6 Å². The van der Waals surface area contributed by atoms with Crippen molar-refractivity contribution in [3.05, 3.63) is 42.6 Å². The van der Waals surface area contributed by atoms with E-state index in [4.69, 9.17) is 15.9 Å². The third-order valence-corrected chi connectivity index (χ3v) is 3.02. The van der Waals surface area contributed by atoms with E-state index < -0.39 is 6.61 Å². The molecule has 1 aromatic carbocycles. The Morgan fingerprint density at radius 1 is 1.19 bits per heavy atom. The summed E-state index contributed by atoms with van der Waals surface area (Å²) < 4.78 is 35.2. The van der Waals surface area contributed by atoms with E-state index in [1.54, 1.807) is 44.3 Å². The fourth-order valence-corrected chi connectivity index (χ4v) is 2.01. The van der Waals surface area contributed by atoms with Gasteiger partial charge in [0.1, 0.15) is 0 Å². The lowest BCUT2D eigenvalue weighted by atomic mass is 10.3. The average molecular weight is 381 g/mol. The van der Waals surface area contributed by atoms with Crippen LogP contribution in [0.3, 0.4) is 0 Å². The van der Waals surface area contributed by atoms with E-state index in [-0.39, 0.29) is 23.6 Å². The highest BCUT2D eigenvalue weighted by Gasteiger charge is 2.14. The van der Waals surface area contributed by atoms with E-state index in [1.807, 2.05) is 0 Å². The molecule has 0 aliphatic rings. The summed E-state index contributed by atoms with van der Waals surface area (Å²) in [6, 6.07) is 9.54. The van der Waals surface area contributed by atoms with E-state index in [0.717, 1.165) is 0 Å². The van der Waals surface area contributed by atoms with Crippen molar-refractivity contribution in [1.82, 2.24) is 16.1 Å². The molecule has 2 rings (SSSR count). The molecule has 1 heterocycles. The summed E-state index contributed by atoms with van der Waals surface area (Å²) >= 11 is 0. The Hall–Kier alpha value is -3.18. The highest BCUT2D eigenvalue weighted by molar-refractivity contribution is 5.90. The Morgan fingerprint density at radius 3 is 2.56 bits per heavy atom. The van der Waals surface area contributed by atoms with Gasteiger partial charge >= 0.3 is 6.61 Å². The highest BCUT2D eigenvalue weighted by atomic mass is 19.3. The van der Waals surface area contributed by atoms with Crippen LogP contribution in [0.1, 0.15) is 13.8 Å². The third kappa shape index (κ3) is 6.24. The summed E-state index contributed by atoms with van der Waals surface area (Å²) in [6.07, 6.45) is 1.34. The molecule has 0 atom stereocenters. The zero-order valence-electron chi connectivity index (χ0n) is 14.7. The van der Waals surface area contributed by atoms with Gasteiger partial charge in [0.05, 0.1) is 11.8 Å². The number of nitrogens with zero attached hydrogens (tertiary/aromatic N) is 2. The molecule has 0 saturated carbocycles. The van der Waals surface area contributed by atoms with Crippen LogP contribution in [0.4, 0.5) is 20.3 Å². The number of alkyl halides is 2. The van der Waals surface area contributed by atoms with Crippen molar-refractivity contribution in [2.45, 2.75) is 26.6 Å². The van der Waals surface area contributed by atoms with Gasteiger partial charge in [-0.25, -0.2) is 9.99 Å². The normalized spacial score (nSPS) is 10.7. The molecule has 27 heavy (non-hydrogen) atoms. The minimum atomic E-state index is -2.99. The molecule has 0 amide bonds. The predicted octanol–water partition coefficient (Wildman–Crippen LogP) is 2.21. The highest BCUT2D eigenvalue weighted by Crippen LogP contribution is 2.32. The minimum absolute atomic E-state index is 0.112. The Kier molecular flexibility index (Phi) is 7.08. The first-order valence-corrected chi connectivity index (χ1v) is 7.94. The quantitative estimate of drug-likeness (QED) is 0.255. The van der Waals surface area contributed by atoms with Crippen LogP contribution in [0.2, 0.25) is 0 Å². The van der Waals surface area contributed by atoms with E-state index in [2.05, 4.69) is 26.2 Å². The number of rotatable bonds is 9. The van der Waals surface area contributed by atoms with Crippen LogP contribution in [-0.2, 0) is 0 Å². The van der Waals surface area contributed by atoms with Gasteiger partial charge in [-0.3, -0.25) is 5.41 Å². The monoisotopic (exact) mass is 381 g/mol. The van der Waals surface area contributed by atoms with E-state index in [1.165, 1.54) is 17.1 Å². The number of hydrogen-bond donors (Lipinski definition) is 5. The zero-order valence-corrected chi connectivity index (χ0v) is 14.7. The molecule has 0 fully saturated rings. The number of nitrogens with one attached hydrogen (secondary N) is 4. The number of benzene rings is 1. The number of hydrogen-bond acceptors (Lipinski definition) is 7. The number of pyridine rings is 1. The first-order chi connectivity index (χ1) is 12.9. The number of anilines is 2. The van der Waals surface area contributed by atoms with E-state index >= 15 is 0 Å². The van der Waals surface area contributed by atoms with Crippen LogP contribution in [0, 0.1) is 5.41 Å². The molecule has 1 aromatic heterocycles. The van der Waals surface area contributed by atoms with Crippen LogP contribution >= 0.6 is 0 Å². The first-order valence-electron chi connectivity index (χ1n) is 7.94. The number of ether oxygens (including phenoxy) is 2.